The van der Waals surface area contributed by atoms with Gasteiger partial charge in [0.15, 0.2) is 0 Å². The molecule has 19 heavy (non-hydrogen) atoms. The number of hydrogen-bond donors (Lipinski definition) is 1. The molecule has 0 aromatic rings. The molecule has 1 unspecified atom stereocenters. The summed E-state index contributed by atoms with van der Waals surface area (Å²) in [4.78, 5) is 23.2. The van der Waals surface area contributed by atoms with Gasteiger partial charge in [-0.25, -0.2) is 4.79 Å². The smallest absolute Gasteiger partial charge is 0.331 e. The highest BCUT2D eigenvalue weighted by molar-refractivity contribution is 5.92. The van der Waals surface area contributed by atoms with Gasteiger partial charge >= 0.3 is 5.97 Å². The molecule has 0 aromatic heterocycles. The average molecular weight is 269 g/mol. The Labute approximate surface area is 116 Å². The van der Waals surface area contributed by atoms with Crippen LogP contribution in [0.3, 0.4) is 0 Å². The molecule has 0 aromatic carbocycles. The summed E-state index contributed by atoms with van der Waals surface area (Å²) >= 11 is 0. The lowest BCUT2D eigenvalue weighted by Gasteiger charge is -2.24. The normalized spacial score (nSPS) is 12.6. The predicted molar refractivity (Wildman–Crippen MR) is 76.7 cm³/mol. The summed E-state index contributed by atoms with van der Waals surface area (Å²) in [7, 11) is 0. The molecule has 1 N–H and O–H groups in total. The Morgan fingerprint density at radius 2 is 2.00 bits per heavy atom. The van der Waals surface area contributed by atoms with Gasteiger partial charge < -0.3 is 10.1 Å². The minimum absolute atomic E-state index is 0.375. The molecule has 4 nitrogen and oxygen atoms in total. The molecule has 0 heterocycles. The van der Waals surface area contributed by atoms with E-state index in [1.165, 1.54) is 0 Å². The molecule has 1 amide bonds. The molecule has 0 radical (unpaired) electrons. The third-order valence-corrected chi connectivity index (χ3v) is 3.12. The standard InChI is InChI=1S/C15H27NO3/c1-6-9-10-12(7-2)11-19-14(18)15(4,5)16-13(17)8-3/h8,12H,3,6-7,9-11H2,1-2,4-5H3,(H,16,17). The molecule has 4 heteroatoms. The summed E-state index contributed by atoms with van der Waals surface area (Å²) in [6.45, 7) is 11.3. The van der Waals surface area contributed by atoms with Crippen LogP contribution in [0.25, 0.3) is 0 Å². The third kappa shape index (κ3) is 6.99. The van der Waals surface area contributed by atoms with Crippen LogP contribution in [0.5, 0.6) is 0 Å². The number of hydrogen-bond acceptors (Lipinski definition) is 3. The van der Waals surface area contributed by atoms with Gasteiger partial charge in [-0.3, -0.25) is 4.79 Å². The molecular weight excluding hydrogens is 242 g/mol. The number of unbranched alkanes of at least 4 members (excludes halogenated alkanes) is 1. The molecule has 0 saturated carbocycles. The quantitative estimate of drug-likeness (QED) is 0.517. The first-order chi connectivity index (χ1) is 8.87. The molecule has 110 valence electrons. The maximum atomic E-state index is 11.9. The molecule has 0 bridgehead atoms. The van der Waals surface area contributed by atoms with Crippen LogP contribution in [0.1, 0.15) is 53.4 Å². The highest BCUT2D eigenvalue weighted by atomic mass is 16.5. The Hall–Kier alpha value is -1.32. The average Bonchev–Trinajstić information content (AvgIpc) is 2.37. The van der Waals surface area contributed by atoms with Gasteiger partial charge in [-0.15, -0.1) is 0 Å². The number of carbonyl (C=O) groups excluding carboxylic acids is 2. The number of rotatable bonds is 9. The number of esters is 1. The van der Waals surface area contributed by atoms with E-state index in [1.807, 2.05) is 0 Å². The van der Waals surface area contributed by atoms with Gasteiger partial charge in [0.2, 0.25) is 5.91 Å². The predicted octanol–water partition coefficient (Wildman–Crippen LogP) is 2.83. The Balaban J connectivity index is 4.27. The van der Waals surface area contributed by atoms with Crippen molar-refractivity contribution in [2.24, 2.45) is 5.92 Å². The number of carbonyl (C=O) groups is 2. The van der Waals surface area contributed by atoms with Crippen LogP contribution in [0.4, 0.5) is 0 Å². The summed E-state index contributed by atoms with van der Waals surface area (Å²) in [5, 5.41) is 2.56. The molecule has 1 atom stereocenters. The SMILES string of the molecule is C=CC(=O)NC(C)(C)C(=O)OCC(CC)CCCC. The Kier molecular flexibility index (Phi) is 8.12. The van der Waals surface area contributed by atoms with Gasteiger partial charge in [-0.2, -0.15) is 0 Å². The lowest BCUT2D eigenvalue weighted by molar-refractivity contribution is -0.153. The third-order valence-electron chi connectivity index (χ3n) is 3.12. The second-order valence-electron chi connectivity index (χ2n) is 5.33. The van der Waals surface area contributed by atoms with E-state index in [9.17, 15) is 9.59 Å². The molecule has 0 aliphatic rings. The van der Waals surface area contributed by atoms with Crippen LogP contribution in [0.15, 0.2) is 12.7 Å². The number of ether oxygens (including phenoxy) is 1. The minimum atomic E-state index is -1.02. The summed E-state index contributed by atoms with van der Waals surface area (Å²) in [6.07, 6.45) is 5.50. The molecule has 0 spiro atoms. The monoisotopic (exact) mass is 269 g/mol. The van der Waals surface area contributed by atoms with Crippen molar-refractivity contribution in [2.45, 2.75) is 58.9 Å². The second-order valence-corrected chi connectivity index (χ2v) is 5.33. The van der Waals surface area contributed by atoms with Gasteiger partial charge in [0, 0.05) is 0 Å². The van der Waals surface area contributed by atoms with Crippen molar-refractivity contribution >= 4 is 11.9 Å². The zero-order valence-electron chi connectivity index (χ0n) is 12.6. The Morgan fingerprint density at radius 1 is 1.37 bits per heavy atom. The first-order valence-corrected chi connectivity index (χ1v) is 6.99. The van der Waals surface area contributed by atoms with Crippen molar-refractivity contribution in [1.29, 1.82) is 0 Å². The first kappa shape index (κ1) is 17.7. The van der Waals surface area contributed by atoms with Crippen LogP contribution in [0, 0.1) is 5.92 Å². The summed E-state index contributed by atoms with van der Waals surface area (Å²) in [5.74, 6) is -0.382. The van der Waals surface area contributed by atoms with E-state index in [-0.39, 0.29) is 5.91 Å². The fourth-order valence-corrected chi connectivity index (χ4v) is 1.68. The fraction of sp³-hybridized carbons (Fsp3) is 0.733. The van der Waals surface area contributed by atoms with E-state index >= 15 is 0 Å². The van der Waals surface area contributed by atoms with Crippen molar-refractivity contribution < 1.29 is 14.3 Å². The van der Waals surface area contributed by atoms with Gasteiger partial charge in [0.05, 0.1) is 6.61 Å². The molecule has 0 aliphatic carbocycles. The molecule has 0 fully saturated rings. The van der Waals surface area contributed by atoms with Crippen molar-refractivity contribution in [1.82, 2.24) is 5.32 Å². The van der Waals surface area contributed by atoms with E-state index in [0.29, 0.717) is 12.5 Å². The minimum Gasteiger partial charge on any atom is -0.464 e. The van der Waals surface area contributed by atoms with Crippen LogP contribution in [0.2, 0.25) is 0 Å². The van der Waals surface area contributed by atoms with Gasteiger partial charge in [0.25, 0.3) is 0 Å². The van der Waals surface area contributed by atoms with Crippen LogP contribution >= 0.6 is 0 Å². The molecule has 0 saturated heterocycles. The van der Waals surface area contributed by atoms with Crippen LogP contribution < -0.4 is 5.32 Å². The number of amides is 1. The van der Waals surface area contributed by atoms with Crippen molar-refractivity contribution in [2.75, 3.05) is 6.61 Å². The second kappa shape index (κ2) is 8.73. The van der Waals surface area contributed by atoms with Crippen molar-refractivity contribution in [3.05, 3.63) is 12.7 Å². The summed E-state index contributed by atoms with van der Waals surface area (Å²) < 4.78 is 5.31. The molecule has 0 aliphatic heterocycles. The highest BCUT2D eigenvalue weighted by Crippen LogP contribution is 2.14. The molecular formula is C15H27NO3. The van der Waals surface area contributed by atoms with E-state index in [0.717, 1.165) is 31.8 Å². The Morgan fingerprint density at radius 3 is 2.47 bits per heavy atom. The van der Waals surface area contributed by atoms with Gasteiger partial charge in [-0.1, -0.05) is 39.7 Å². The van der Waals surface area contributed by atoms with Crippen molar-refractivity contribution in [3.63, 3.8) is 0 Å². The van der Waals surface area contributed by atoms with Crippen molar-refractivity contribution in [3.8, 4) is 0 Å². The van der Waals surface area contributed by atoms with Crippen LogP contribution in [-0.4, -0.2) is 24.0 Å². The lowest BCUT2D eigenvalue weighted by Crippen LogP contribution is -2.50. The van der Waals surface area contributed by atoms with E-state index in [4.69, 9.17) is 4.74 Å². The van der Waals surface area contributed by atoms with E-state index in [1.54, 1.807) is 13.8 Å². The van der Waals surface area contributed by atoms with Gasteiger partial charge in [0.1, 0.15) is 5.54 Å². The van der Waals surface area contributed by atoms with E-state index in [2.05, 4.69) is 25.7 Å². The topological polar surface area (TPSA) is 55.4 Å². The maximum Gasteiger partial charge on any atom is 0.331 e. The highest BCUT2D eigenvalue weighted by Gasteiger charge is 2.30. The fourth-order valence-electron chi connectivity index (χ4n) is 1.68. The lowest BCUT2D eigenvalue weighted by atomic mass is 10.0. The molecule has 0 rings (SSSR count). The number of nitrogens with one attached hydrogen (secondary N) is 1. The Bertz CT molecular complexity index is 311. The van der Waals surface area contributed by atoms with E-state index < -0.39 is 11.5 Å². The maximum absolute atomic E-state index is 11.9. The summed E-state index contributed by atoms with van der Waals surface area (Å²) in [5.41, 5.74) is -1.02. The van der Waals surface area contributed by atoms with Crippen LogP contribution in [-0.2, 0) is 14.3 Å². The summed E-state index contributed by atoms with van der Waals surface area (Å²) in [6, 6.07) is 0. The zero-order chi connectivity index (χ0) is 14.9. The first-order valence-electron chi connectivity index (χ1n) is 6.99. The van der Waals surface area contributed by atoms with Gasteiger partial charge in [-0.05, 0) is 32.3 Å². The largest absolute Gasteiger partial charge is 0.464 e. The zero-order valence-corrected chi connectivity index (χ0v) is 12.6.